The van der Waals surface area contributed by atoms with Gasteiger partial charge in [0.05, 0.1) is 16.8 Å². The van der Waals surface area contributed by atoms with Gasteiger partial charge in [0.25, 0.3) is 5.91 Å². The second-order valence-corrected chi connectivity index (χ2v) is 8.79. The molecule has 2 aliphatic rings. The summed E-state index contributed by atoms with van der Waals surface area (Å²) < 4.78 is 7.62. The number of piperidine rings is 1. The molecule has 8 heteroatoms. The number of halogens is 2. The lowest BCUT2D eigenvalue weighted by molar-refractivity contribution is -0.0480. The average Bonchev–Trinajstić information content (AvgIpc) is 3.09. The molecule has 2 fully saturated rings. The number of carbonyl (C=O) groups excluding carboxylic acids is 1. The third kappa shape index (κ3) is 4.31. The van der Waals surface area contributed by atoms with Crippen molar-refractivity contribution in [2.75, 3.05) is 19.7 Å². The lowest BCUT2D eigenvalue weighted by atomic mass is 9.85. The van der Waals surface area contributed by atoms with Crippen LogP contribution in [0.5, 0.6) is 0 Å². The Morgan fingerprint density at radius 3 is 2.66 bits per heavy atom. The summed E-state index contributed by atoms with van der Waals surface area (Å²) in [6, 6.07) is 7.15. The monoisotopic (exact) mass is 436 g/mol. The van der Waals surface area contributed by atoms with Crippen LogP contribution < -0.4 is 5.73 Å². The van der Waals surface area contributed by atoms with Crippen LogP contribution in [0.2, 0.25) is 10.0 Å². The molecule has 0 aliphatic carbocycles. The van der Waals surface area contributed by atoms with Crippen molar-refractivity contribution < 1.29 is 9.53 Å². The highest BCUT2D eigenvalue weighted by Crippen LogP contribution is 2.29. The standard InChI is InChI=1S/C21H26Cl2N4O2/c1-13-11-18(25-27(13)19-5-4-15(22)12-16(19)23)21(28)26-8-6-14(7-9-26)20-17(24)3-2-10-29-20/h4-5,11-12,14,17,20H,2-3,6-10,24H2,1H3. The van der Waals surface area contributed by atoms with Gasteiger partial charge in [-0.05, 0) is 62.8 Å². The van der Waals surface area contributed by atoms with E-state index < -0.39 is 0 Å². The van der Waals surface area contributed by atoms with Gasteiger partial charge >= 0.3 is 0 Å². The maximum atomic E-state index is 13.0. The van der Waals surface area contributed by atoms with Gasteiger partial charge in [-0.1, -0.05) is 23.2 Å². The number of aryl methyl sites for hydroxylation is 1. The number of nitrogens with two attached hydrogens (primary N) is 1. The SMILES string of the molecule is Cc1cc(C(=O)N2CCC(C3OCCCC3N)CC2)nn1-c1ccc(Cl)cc1Cl. The number of carbonyl (C=O) groups is 1. The van der Waals surface area contributed by atoms with Crippen molar-refractivity contribution in [3.05, 3.63) is 45.7 Å². The maximum Gasteiger partial charge on any atom is 0.274 e. The third-order valence-corrected chi connectivity index (χ3v) is 6.49. The fourth-order valence-electron chi connectivity index (χ4n) is 4.38. The van der Waals surface area contributed by atoms with E-state index in [4.69, 9.17) is 33.7 Å². The Kier molecular flexibility index (Phi) is 6.16. The van der Waals surface area contributed by atoms with Crippen molar-refractivity contribution in [2.45, 2.75) is 44.8 Å². The summed E-state index contributed by atoms with van der Waals surface area (Å²) in [4.78, 5) is 14.9. The number of aromatic nitrogens is 2. The molecule has 2 atom stereocenters. The Bertz CT molecular complexity index is 893. The van der Waals surface area contributed by atoms with E-state index in [9.17, 15) is 4.79 Å². The highest BCUT2D eigenvalue weighted by molar-refractivity contribution is 6.35. The fourth-order valence-corrected chi connectivity index (χ4v) is 4.87. The highest BCUT2D eigenvalue weighted by atomic mass is 35.5. The zero-order valence-electron chi connectivity index (χ0n) is 16.5. The fraction of sp³-hybridized carbons (Fsp3) is 0.524. The molecule has 2 unspecified atom stereocenters. The van der Waals surface area contributed by atoms with Crippen molar-refractivity contribution in [3.63, 3.8) is 0 Å². The number of likely N-dealkylation sites (tertiary alicyclic amines) is 1. The number of rotatable bonds is 3. The van der Waals surface area contributed by atoms with Crippen LogP contribution in [-0.4, -0.2) is 52.4 Å². The molecule has 29 heavy (non-hydrogen) atoms. The molecule has 0 spiro atoms. The van der Waals surface area contributed by atoms with Crippen LogP contribution in [0.3, 0.4) is 0 Å². The molecule has 2 saturated heterocycles. The van der Waals surface area contributed by atoms with Crippen LogP contribution in [0.15, 0.2) is 24.3 Å². The molecule has 2 aromatic rings. The molecule has 0 saturated carbocycles. The van der Waals surface area contributed by atoms with Crippen molar-refractivity contribution >= 4 is 29.1 Å². The molecule has 156 valence electrons. The molecule has 3 heterocycles. The van der Waals surface area contributed by atoms with Crippen LogP contribution in [0, 0.1) is 12.8 Å². The van der Waals surface area contributed by atoms with Crippen LogP contribution in [0.4, 0.5) is 0 Å². The van der Waals surface area contributed by atoms with E-state index >= 15 is 0 Å². The van der Waals surface area contributed by atoms with Gasteiger partial charge in [0.2, 0.25) is 0 Å². The first-order chi connectivity index (χ1) is 13.9. The summed E-state index contributed by atoms with van der Waals surface area (Å²) in [5.74, 6) is 0.366. The Balaban J connectivity index is 1.44. The van der Waals surface area contributed by atoms with E-state index in [2.05, 4.69) is 5.10 Å². The van der Waals surface area contributed by atoms with Crippen molar-refractivity contribution in [3.8, 4) is 5.69 Å². The zero-order chi connectivity index (χ0) is 20.5. The predicted molar refractivity (Wildman–Crippen MR) is 114 cm³/mol. The minimum atomic E-state index is -0.0516. The second-order valence-electron chi connectivity index (χ2n) is 7.95. The summed E-state index contributed by atoms with van der Waals surface area (Å²) >= 11 is 12.3. The van der Waals surface area contributed by atoms with Crippen LogP contribution >= 0.6 is 23.2 Å². The number of benzene rings is 1. The van der Waals surface area contributed by atoms with Gasteiger partial charge in [-0.2, -0.15) is 5.10 Å². The van der Waals surface area contributed by atoms with Gasteiger partial charge in [-0.25, -0.2) is 4.68 Å². The molecule has 1 amide bonds. The van der Waals surface area contributed by atoms with Gasteiger partial charge < -0.3 is 15.4 Å². The van der Waals surface area contributed by atoms with Crippen molar-refractivity contribution in [2.24, 2.45) is 11.7 Å². The Morgan fingerprint density at radius 2 is 1.97 bits per heavy atom. The number of hydrogen-bond donors (Lipinski definition) is 1. The molecule has 0 bridgehead atoms. The predicted octanol–water partition coefficient (Wildman–Crippen LogP) is 3.85. The van der Waals surface area contributed by atoms with E-state index in [1.165, 1.54) is 0 Å². The third-order valence-electron chi connectivity index (χ3n) is 5.95. The first kappa shape index (κ1) is 20.7. The molecule has 2 aliphatic heterocycles. The lowest BCUT2D eigenvalue weighted by Gasteiger charge is -2.39. The highest BCUT2D eigenvalue weighted by Gasteiger charge is 2.34. The van der Waals surface area contributed by atoms with Gasteiger partial charge in [0, 0.05) is 36.5 Å². The van der Waals surface area contributed by atoms with Gasteiger partial charge in [-0.3, -0.25) is 4.79 Å². The summed E-state index contributed by atoms with van der Waals surface area (Å²) in [6.45, 7) is 4.09. The molecular weight excluding hydrogens is 411 g/mol. The molecule has 0 radical (unpaired) electrons. The molecule has 2 N–H and O–H groups in total. The second kappa shape index (κ2) is 8.64. The molecular formula is C21H26Cl2N4O2. The van der Waals surface area contributed by atoms with E-state index in [1.54, 1.807) is 28.9 Å². The largest absolute Gasteiger partial charge is 0.376 e. The first-order valence-corrected chi connectivity index (χ1v) is 10.9. The number of ether oxygens (including phenoxy) is 1. The van der Waals surface area contributed by atoms with E-state index in [0.717, 1.165) is 38.0 Å². The van der Waals surface area contributed by atoms with Gasteiger partial charge in [0.15, 0.2) is 5.69 Å². The van der Waals surface area contributed by atoms with Gasteiger partial charge in [0.1, 0.15) is 0 Å². The Hall–Kier alpha value is -1.60. The van der Waals surface area contributed by atoms with Crippen LogP contribution in [0.25, 0.3) is 5.69 Å². The topological polar surface area (TPSA) is 73.4 Å². The zero-order valence-corrected chi connectivity index (χ0v) is 18.0. The number of hydrogen-bond acceptors (Lipinski definition) is 4. The molecule has 6 nitrogen and oxygen atoms in total. The van der Waals surface area contributed by atoms with Crippen LogP contribution in [-0.2, 0) is 4.74 Å². The first-order valence-electron chi connectivity index (χ1n) is 10.1. The van der Waals surface area contributed by atoms with Crippen molar-refractivity contribution in [1.29, 1.82) is 0 Å². The van der Waals surface area contributed by atoms with E-state index in [1.807, 2.05) is 11.8 Å². The summed E-state index contributed by atoms with van der Waals surface area (Å²) in [7, 11) is 0. The molecule has 1 aromatic carbocycles. The van der Waals surface area contributed by atoms with E-state index in [-0.39, 0.29) is 18.1 Å². The summed E-state index contributed by atoms with van der Waals surface area (Å²) in [5, 5.41) is 5.57. The summed E-state index contributed by atoms with van der Waals surface area (Å²) in [5.41, 5.74) is 8.23. The maximum absolute atomic E-state index is 13.0. The normalized spacial score (nSPS) is 23.4. The Labute approximate surface area is 180 Å². The quantitative estimate of drug-likeness (QED) is 0.792. The lowest BCUT2D eigenvalue weighted by Crippen LogP contribution is -2.49. The average molecular weight is 437 g/mol. The Morgan fingerprint density at radius 1 is 1.21 bits per heavy atom. The minimum Gasteiger partial charge on any atom is -0.376 e. The molecule has 4 rings (SSSR count). The van der Waals surface area contributed by atoms with Gasteiger partial charge in [-0.15, -0.1) is 0 Å². The number of nitrogens with zero attached hydrogens (tertiary/aromatic N) is 3. The molecule has 1 aromatic heterocycles. The van der Waals surface area contributed by atoms with E-state index in [0.29, 0.717) is 40.4 Å². The van der Waals surface area contributed by atoms with Crippen molar-refractivity contribution in [1.82, 2.24) is 14.7 Å². The van der Waals surface area contributed by atoms with Crippen LogP contribution in [0.1, 0.15) is 41.9 Å². The smallest absolute Gasteiger partial charge is 0.274 e. The summed E-state index contributed by atoms with van der Waals surface area (Å²) in [6.07, 6.45) is 4.00. The minimum absolute atomic E-state index is 0.0516. The number of amides is 1.